The molecule has 2 rings (SSSR count). The molecule has 0 unspecified atom stereocenters. The van der Waals surface area contributed by atoms with E-state index in [2.05, 4.69) is 37.3 Å². The summed E-state index contributed by atoms with van der Waals surface area (Å²) in [6.07, 6.45) is 4.18. The fraction of sp³-hybridized carbons (Fsp3) is 0.385. The molecule has 0 heteroatoms. The molecule has 0 fully saturated rings. The molecule has 68 valence electrons. The Hall–Kier alpha value is -1.04. The van der Waals surface area contributed by atoms with Gasteiger partial charge in [-0.15, -0.1) is 0 Å². The Morgan fingerprint density at radius 2 is 2.08 bits per heavy atom. The van der Waals surface area contributed by atoms with Crippen molar-refractivity contribution in [1.29, 1.82) is 0 Å². The maximum absolute atomic E-state index is 7.74. The smallest absolute Gasteiger partial charge is 0.0573 e. The van der Waals surface area contributed by atoms with Crippen LogP contribution in [0.25, 0.3) is 0 Å². The van der Waals surface area contributed by atoms with Gasteiger partial charge in [-0.3, -0.25) is 0 Å². The zero-order valence-corrected chi connectivity index (χ0v) is 8.03. The lowest BCUT2D eigenvalue weighted by molar-refractivity contribution is 0.515. The first-order valence-corrected chi connectivity index (χ1v) is 4.98. The summed E-state index contributed by atoms with van der Waals surface area (Å²) in [5.41, 5.74) is 1.39. The van der Waals surface area contributed by atoms with Crippen LogP contribution in [0.2, 0.25) is 0 Å². The third kappa shape index (κ3) is 2.00. The quantitative estimate of drug-likeness (QED) is 0.567. The minimum Gasteiger partial charge on any atom is -0.0877 e. The van der Waals surface area contributed by atoms with Crippen molar-refractivity contribution in [2.75, 3.05) is 0 Å². The molecule has 1 aromatic carbocycles. The van der Waals surface area contributed by atoms with Gasteiger partial charge in [0.2, 0.25) is 0 Å². The van der Waals surface area contributed by atoms with Gasteiger partial charge in [0.15, 0.2) is 0 Å². The fourth-order valence-corrected chi connectivity index (χ4v) is 1.99. The van der Waals surface area contributed by atoms with Crippen molar-refractivity contribution >= 4 is 0 Å². The monoisotopic (exact) mass is 173 g/mol. The largest absolute Gasteiger partial charge is 0.0877 e. The molecule has 0 bridgehead atoms. The lowest BCUT2D eigenvalue weighted by Crippen LogP contribution is -2.06. The second-order valence-corrected chi connectivity index (χ2v) is 3.90. The second-order valence-electron chi connectivity index (χ2n) is 3.90. The first kappa shape index (κ1) is 7.37. The molecule has 1 aliphatic carbocycles. The molecular weight excluding hydrogens is 156 g/mol. The van der Waals surface area contributed by atoms with Crippen LogP contribution in [-0.4, -0.2) is 0 Å². The van der Waals surface area contributed by atoms with Crippen molar-refractivity contribution in [2.45, 2.75) is 25.7 Å². The second kappa shape index (κ2) is 3.78. The Balaban J connectivity index is 2.18. The van der Waals surface area contributed by atoms with Crippen molar-refractivity contribution in [3.05, 3.63) is 48.0 Å². The van der Waals surface area contributed by atoms with Crippen molar-refractivity contribution in [1.82, 2.24) is 0 Å². The van der Waals surface area contributed by atoms with Gasteiger partial charge in [-0.2, -0.15) is 0 Å². The van der Waals surface area contributed by atoms with Crippen LogP contribution in [-0.2, 0) is 0 Å². The molecule has 0 saturated carbocycles. The molecule has 0 aliphatic heterocycles. The molecule has 2 atom stereocenters. The minimum atomic E-state index is 0.557. The van der Waals surface area contributed by atoms with E-state index in [0.29, 0.717) is 11.8 Å². The summed E-state index contributed by atoms with van der Waals surface area (Å²) in [6, 6.07) is 11.4. The SMILES string of the molecule is [2H]C1=C[C@H](C)C[C@@H](c2ccccc2)C1. The third-order valence-electron chi connectivity index (χ3n) is 2.69. The highest BCUT2D eigenvalue weighted by Gasteiger charge is 2.15. The maximum Gasteiger partial charge on any atom is 0.0573 e. The van der Waals surface area contributed by atoms with E-state index in [1.165, 1.54) is 12.0 Å². The predicted molar refractivity (Wildman–Crippen MR) is 56.7 cm³/mol. The van der Waals surface area contributed by atoms with Crippen molar-refractivity contribution < 1.29 is 1.37 Å². The topological polar surface area (TPSA) is 0 Å². The van der Waals surface area contributed by atoms with Crippen LogP contribution < -0.4 is 0 Å². The van der Waals surface area contributed by atoms with E-state index in [1.807, 2.05) is 6.07 Å². The van der Waals surface area contributed by atoms with Gasteiger partial charge in [0.25, 0.3) is 0 Å². The molecule has 0 N–H and O–H groups in total. The molecule has 0 radical (unpaired) electrons. The van der Waals surface area contributed by atoms with Crippen LogP contribution in [0.15, 0.2) is 42.5 Å². The number of allylic oxidation sites excluding steroid dienone is 2. The summed E-state index contributed by atoms with van der Waals surface area (Å²) in [7, 11) is 0. The first-order chi connectivity index (χ1) is 6.75. The molecule has 1 aliphatic rings. The molecule has 0 aromatic heterocycles. The molecule has 0 saturated heterocycles. The zero-order chi connectivity index (χ0) is 9.97. The van der Waals surface area contributed by atoms with Crippen LogP contribution in [0.5, 0.6) is 0 Å². The molecule has 0 heterocycles. The minimum absolute atomic E-state index is 0.557. The highest BCUT2D eigenvalue weighted by molar-refractivity contribution is 5.21. The number of hydrogen-bond donors (Lipinski definition) is 0. The molecule has 0 spiro atoms. The first-order valence-electron chi connectivity index (χ1n) is 5.48. The van der Waals surface area contributed by atoms with Gasteiger partial charge in [0.1, 0.15) is 0 Å². The van der Waals surface area contributed by atoms with Crippen molar-refractivity contribution in [3.8, 4) is 0 Å². The molecule has 1 aromatic rings. The van der Waals surface area contributed by atoms with E-state index in [1.54, 1.807) is 0 Å². The average molecular weight is 173 g/mol. The van der Waals surface area contributed by atoms with Gasteiger partial charge in [-0.25, -0.2) is 0 Å². The van der Waals surface area contributed by atoms with E-state index in [-0.39, 0.29) is 0 Å². The van der Waals surface area contributed by atoms with Gasteiger partial charge in [0, 0.05) is 0 Å². The lowest BCUT2D eigenvalue weighted by atomic mass is 9.83. The van der Waals surface area contributed by atoms with Gasteiger partial charge in [-0.05, 0) is 30.2 Å². The van der Waals surface area contributed by atoms with Gasteiger partial charge >= 0.3 is 0 Å². The van der Waals surface area contributed by atoms with E-state index >= 15 is 0 Å². The molecule has 13 heavy (non-hydrogen) atoms. The van der Waals surface area contributed by atoms with Crippen molar-refractivity contribution in [3.63, 3.8) is 0 Å². The van der Waals surface area contributed by atoms with E-state index in [4.69, 9.17) is 1.37 Å². The third-order valence-corrected chi connectivity index (χ3v) is 2.69. The fourth-order valence-electron chi connectivity index (χ4n) is 1.99. The van der Waals surface area contributed by atoms with Crippen LogP contribution >= 0.6 is 0 Å². The van der Waals surface area contributed by atoms with Crippen LogP contribution in [0.3, 0.4) is 0 Å². The van der Waals surface area contributed by atoms with Crippen LogP contribution in [0.1, 0.15) is 32.6 Å². The Labute approximate surface area is 81.7 Å². The Morgan fingerprint density at radius 1 is 1.31 bits per heavy atom. The number of benzene rings is 1. The van der Waals surface area contributed by atoms with Gasteiger partial charge in [0.05, 0.1) is 1.37 Å². The van der Waals surface area contributed by atoms with E-state index < -0.39 is 0 Å². The van der Waals surface area contributed by atoms with Crippen molar-refractivity contribution in [2.24, 2.45) is 5.92 Å². The number of rotatable bonds is 1. The molecule has 0 nitrogen and oxygen atoms in total. The summed E-state index contributed by atoms with van der Waals surface area (Å²) in [5.74, 6) is 1.12. The van der Waals surface area contributed by atoms with Gasteiger partial charge in [-0.1, -0.05) is 49.4 Å². The van der Waals surface area contributed by atoms with Crippen LogP contribution in [0, 0.1) is 5.92 Å². The van der Waals surface area contributed by atoms with E-state index in [0.717, 1.165) is 12.5 Å². The Morgan fingerprint density at radius 3 is 2.77 bits per heavy atom. The van der Waals surface area contributed by atoms with Gasteiger partial charge < -0.3 is 0 Å². The normalized spacial score (nSPS) is 29.3. The summed E-state index contributed by atoms with van der Waals surface area (Å²) >= 11 is 0. The lowest BCUT2D eigenvalue weighted by Gasteiger charge is -2.22. The summed E-state index contributed by atoms with van der Waals surface area (Å²) in [4.78, 5) is 0. The Kier molecular flexibility index (Phi) is 2.14. The summed E-state index contributed by atoms with van der Waals surface area (Å²) in [6.45, 7) is 2.20. The predicted octanol–water partition coefficient (Wildman–Crippen LogP) is 3.76. The maximum atomic E-state index is 7.74. The highest BCUT2D eigenvalue weighted by atomic mass is 14.2. The average Bonchev–Trinajstić information content (AvgIpc) is 2.18. The number of hydrogen-bond acceptors (Lipinski definition) is 0. The Bertz CT molecular complexity index is 326. The zero-order valence-electron chi connectivity index (χ0n) is 9.03. The van der Waals surface area contributed by atoms with Crippen LogP contribution in [0.4, 0.5) is 0 Å². The van der Waals surface area contributed by atoms with E-state index in [9.17, 15) is 0 Å². The molecular formula is C13H16. The molecule has 0 amide bonds. The summed E-state index contributed by atoms with van der Waals surface area (Å²) < 4.78 is 7.74. The summed E-state index contributed by atoms with van der Waals surface area (Å²) in [5, 5.41) is 0. The standard InChI is InChI=1S/C13H16/c1-11-6-5-9-13(10-11)12-7-3-2-4-8-12/h2-8,11,13H,9-10H2,1H3/t11-,13-/m0/s1/i5D. The highest BCUT2D eigenvalue weighted by Crippen LogP contribution is 2.31.